The van der Waals surface area contributed by atoms with Crippen LogP contribution in [0.15, 0.2) is 18.2 Å². The lowest BCUT2D eigenvalue weighted by Gasteiger charge is -2.16. The molecule has 0 fully saturated rings. The molecule has 0 bridgehead atoms. The van der Waals surface area contributed by atoms with Crippen molar-refractivity contribution in [3.63, 3.8) is 0 Å². The quantitative estimate of drug-likeness (QED) is 0.805. The summed E-state index contributed by atoms with van der Waals surface area (Å²) in [4.78, 5) is 12.0. The molecule has 0 saturated heterocycles. The number of hydrogen-bond donors (Lipinski definition) is 1. The molecule has 1 atom stereocenters. The van der Waals surface area contributed by atoms with Crippen LogP contribution in [0.4, 0.5) is 8.78 Å². The van der Waals surface area contributed by atoms with Gasteiger partial charge in [0.25, 0.3) is 0 Å². The highest BCUT2D eigenvalue weighted by molar-refractivity contribution is 5.98. The van der Waals surface area contributed by atoms with Gasteiger partial charge in [0, 0.05) is 12.5 Å². The van der Waals surface area contributed by atoms with E-state index in [1.165, 1.54) is 12.1 Å². The van der Waals surface area contributed by atoms with E-state index in [9.17, 15) is 13.6 Å². The number of hydrogen-bond acceptors (Lipinski definition) is 2. The second-order valence-corrected chi connectivity index (χ2v) is 4.53. The summed E-state index contributed by atoms with van der Waals surface area (Å²) in [5, 5.41) is 0. The van der Waals surface area contributed by atoms with Crippen LogP contribution in [-0.4, -0.2) is 12.3 Å². The highest BCUT2D eigenvalue weighted by Crippen LogP contribution is 2.20. The van der Waals surface area contributed by atoms with Gasteiger partial charge in [-0.2, -0.15) is 0 Å². The molecule has 1 unspecified atom stereocenters. The Hall–Kier alpha value is -1.29. The SMILES string of the molecule is CC(C)CC(CN)C(=O)c1cccc(F)c1F. The molecular formula is C13H17F2NO. The van der Waals surface area contributed by atoms with Crippen LogP contribution in [0.25, 0.3) is 0 Å². The summed E-state index contributed by atoms with van der Waals surface area (Å²) in [7, 11) is 0. The topological polar surface area (TPSA) is 43.1 Å². The summed E-state index contributed by atoms with van der Waals surface area (Å²) >= 11 is 0. The van der Waals surface area contributed by atoms with Crippen LogP contribution in [-0.2, 0) is 0 Å². The summed E-state index contributed by atoms with van der Waals surface area (Å²) in [6, 6.07) is 3.62. The number of carbonyl (C=O) groups is 1. The molecule has 0 aromatic heterocycles. The first-order valence-electron chi connectivity index (χ1n) is 5.65. The maximum absolute atomic E-state index is 13.4. The Kier molecular flexibility index (Phi) is 4.75. The zero-order valence-electron chi connectivity index (χ0n) is 10.0. The molecule has 2 N–H and O–H groups in total. The van der Waals surface area contributed by atoms with E-state index < -0.39 is 23.3 Å². The first-order valence-corrected chi connectivity index (χ1v) is 5.65. The number of nitrogens with two attached hydrogens (primary N) is 1. The van der Waals surface area contributed by atoms with Crippen LogP contribution < -0.4 is 5.73 Å². The average Bonchev–Trinajstić information content (AvgIpc) is 2.28. The third kappa shape index (κ3) is 3.33. The second kappa shape index (κ2) is 5.87. The number of halogens is 2. The second-order valence-electron chi connectivity index (χ2n) is 4.53. The molecule has 0 saturated carbocycles. The zero-order chi connectivity index (χ0) is 13.0. The summed E-state index contributed by atoms with van der Waals surface area (Å²) in [6.45, 7) is 4.06. The third-order valence-electron chi connectivity index (χ3n) is 2.63. The molecule has 1 aromatic rings. The Bertz CT molecular complexity index is 404. The Morgan fingerprint density at radius 1 is 1.35 bits per heavy atom. The molecule has 2 nitrogen and oxygen atoms in total. The fraction of sp³-hybridized carbons (Fsp3) is 0.462. The largest absolute Gasteiger partial charge is 0.330 e. The van der Waals surface area contributed by atoms with Gasteiger partial charge in [-0.1, -0.05) is 19.9 Å². The highest BCUT2D eigenvalue weighted by Gasteiger charge is 2.23. The molecular weight excluding hydrogens is 224 g/mol. The van der Waals surface area contributed by atoms with Gasteiger partial charge in [0.2, 0.25) is 0 Å². The van der Waals surface area contributed by atoms with Crippen LogP contribution in [0.3, 0.4) is 0 Å². The van der Waals surface area contributed by atoms with Crippen LogP contribution >= 0.6 is 0 Å². The fourth-order valence-corrected chi connectivity index (χ4v) is 1.79. The Morgan fingerprint density at radius 3 is 2.53 bits per heavy atom. The predicted octanol–water partition coefficient (Wildman–Crippen LogP) is 2.77. The van der Waals surface area contributed by atoms with E-state index in [0.717, 1.165) is 6.07 Å². The van der Waals surface area contributed by atoms with Gasteiger partial charge in [-0.05, 0) is 24.5 Å². The van der Waals surface area contributed by atoms with Gasteiger partial charge in [0.1, 0.15) is 0 Å². The van der Waals surface area contributed by atoms with E-state index in [2.05, 4.69) is 0 Å². The number of benzene rings is 1. The molecule has 94 valence electrons. The van der Waals surface area contributed by atoms with E-state index in [4.69, 9.17) is 5.73 Å². The van der Waals surface area contributed by atoms with Gasteiger partial charge in [-0.25, -0.2) is 8.78 Å². The van der Waals surface area contributed by atoms with Crippen LogP contribution in [0.2, 0.25) is 0 Å². The van der Waals surface area contributed by atoms with E-state index >= 15 is 0 Å². The maximum atomic E-state index is 13.4. The number of Topliss-reactive ketones (excluding diaryl/α,β-unsaturated/α-hetero) is 1. The van der Waals surface area contributed by atoms with Gasteiger partial charge in [0.15, 0.2) is 17.4 Å². The van der Waals surface area contributed by atoms with Crippen molar-refractivity contribution in [3.8, 4) is 0 Å². The number of rotatable bonds is 5. The molecule has 0 radical (unpaired) electrons. The summed E-state index contributed by atoms with van der Waals surface area (Å²) in [5.41, 5.74) is 5.30. The molecule has 0 heterocycles. The zero-order valence-corrected chi connectivity index (χ0v) is 10.0. The minimum Gasteiger partial charge on any atom is -0.330 e. The van der Waals surface area contributed by atoms with Gasteiger partial charge in [-0.3, -0.25) is 4.79 Å². The standard InChI is InChI=1S/C13H17F2NO/c1-8(2)6-9(7-16)13(17)10-4-3-5-11(14)12(10)15/h3-5,8-9H,6-7,16H2,1-2H3. The van der Waals surface area contributed by atoms with Crippen LogP contribution in [0.1, 0.15) is 30.6 Å². The summed E-state index contributed by atoms with van der Waals surface area (Å²) < 4.78 is 26.5. The highest BCUT2D eigenvalue weighted by atomic mass is 19.2. The van der Waals surface area contributed by atoms with Gasteiger partial charge >= 0.3 is 0 Å². The van der Waals surface area contributed by atoms with Crippen molar-refractivity contribution in [2.24, 2.45) is 17.6 Å². The first kappa shape index (κ1) is 13.8. The molecule has 1 aromatic carbocycles. The molecule has 0 spiro atoms. The van der Waals surface area contributed by atoms with Crippen LogP contribution in [0, 0.1) is 23.5 Å². The predicted molar refractivity (Wildman–Crippen MR) is 62.7 cm³/mol. The first-order chi connectivity index (χ1) is 7.97. The maximum Gasteiger partial charge on any atom is 0.170 e. The van der Waals surface area contributed by atoms with Crippen molar-refractivity contribution in [2.45, 2.75) is 20.3 Å². The lowest BCUT2D eigenvalue weighted by molar-refractivity contribution is 0.0903. The van der Waals surface area contributed by atoms with Crippen molar-refractivity contribution >= 4 is 5.78 Å². The Balaban J connectivity index is 2.98. The molecule has 0 amide bonds. The molecule has 17 heavy (non-hydrogen) atoms. The average molecular weight is 241 g/mol. The van der Waals surface area contributed by atoms with Gasteiger partial charge in [0.05, 0.1) is 5.56 Å². The smallest absolute Gasteiger partial charge is 0.170 e. The van der Waals surface area contributed by atoms with E-state index in [-0.39, 0.29) is 18.0 Å². The van der Waals surface area contributed by atoms with E-state index in [1.54, 1.807) is 0 Å². The number of carbonyl (C=O) groups excluding carboxylic acids is 1. The van der Waals surface area contributed by atoms with Crippen molar-refractivity contribution < 1.29 is 13.6 Å². The Labute approximate surface area is 99.8 Å². The van der Waals surface area contributed by atoms with Crippen molar-refractivity contribution in [1.82, 2.24) is 0 Å². The minimum atomic E-state index is -1.08. The van der Waals surface area contributed by atoms with Crippen molar-refractivity contribution in [3.05, 3.63) is 35.4 Å². The van der Waals surface area contributed by atoms with Gasteiger partial charge < -0.3 is 5.73 Å². The molecule has 1 rings (SSSR count). The lowest BCUT2D eigenvalue weighted by Crippen LogP contribution is -2.26. The van der Waals surface area contributed by atoms with E-state index in [0.29, 0.717) is 6.42 Å². The minimum absolute atomic E-state index is 0.146. The summed E-state index contributed by atoms with van der Waals surface area (Å²) in [5.74, 6) is -2.68. The normalized spacial score (nSPS) is 12.8. The molecule has 4 heteroatoms. The van der Waals surface area contributed by atoms with Crippen molar-refractivity contribution in [2.75, 3.05) is 6.54 Å². The Morgan fingerprint density at radius 2 is 2.00 bits per heavy atom. The fourth-order valence-electron chi connectivity index (χ4n) is 1.79. The van der Waals surface area contributed by atoms with Crippen LogP contribution in [0.5, 0.6) is 0 Å². The number of ketones is 1. The van der Waals surface area contributed by atoms with Gasteiger partial charge in [-0.15, -0.1) is 0 Å². The summed E-state index contributed by atoms with van der Waals surface area (Å²) in [6.07, 6.45) is 0.575. The monoisotopic (exact) mass is 241 g/mol. The molecule has 0 aliphatic rings. The molecule has 0 aliphatic heterocycles. The van der Waals surface area contributed by atoms with E-state index in [1.807, 2.05) is 13.8 Å². The third-order valence-corrected chi connectivity index (χ3v) is 2.63. The van der Waals surface area contributed by atoms with Crippen molar-refractivity contribution in [1.29, 1.82) is 0 Å². The molecule has 0 aliphatic carbocycles. The lowest BCUT2D eigenvalue weighted by atomic mass is 9.89.